The third kappa shape index (κ3) is 8.76. The normalized spacial score (nSPS) is 16.0. The monoisotopic (exact) mass is 616 g/mol. The van der Waals surface area contributed by atoms with Crippen molar-refractivity contribution in [2.24, 2.45) is 5.92 Å². The topological polar surface area (TPSA) is 0 Å². The Morgan fingerprint density at radius 3 is 1.83 bits per heavy atom. The van der Waals surface area contributed by atoms with E-state index in [4.69, 9.17) is 0 Å². The summed E-state index contributed by atoms with van der Waals surface area (Å²) >= 11 is 1.30. The Bertz CT molecular complexity index is 1030. The molecule has 0 heterocycles. The van der Waals surface area contributed by atoms with E-state index < -0.39 is 8.07 Å². The molecule has 2 aromatic rings. The molecule has 0 radical (unpaired) electrons. The minimum absolute atomic E-state index is 0. The first kappa shape index (κ1) is 35.5. The molecule has 36 heavy (non-hydrogen) atoms. The molecular formula is C32H44Cl2SiZr-2. The molecule has 0 nitrogen and oxygen atoms in total. The van der Waals surface area contributed by atoms with E-state index in [1.807, 2.05) is 0 Å². The standard InChI is InChI=1S/C21H25.C10H17Si.CH2.2ClH.Zr/c1-20(2,3)16-9-7-14-11-15-8-10-17(21(4,5)6)13-19(15)18(14)12-16;1-8-6-9(2)10(7-8)11(3,4)5;;;;/h7,9-10,12-13H,11H2,1-6H3;7-8H,1-5H3;1H2;2*1H;/q2*-1;;;;+2/p-2. The van der Waals surface area contributed by atoms with Crippen molar-refractivity contribution >= 4 is 12.3 Å². The van der Waals surface area contributed by atoms with Gasteiger partial charge in [-0.3, -0.25) is 6.08 Å². The van der Waals surface area contributed by atoms with Gasteiger partial charge in [-0.2, -0.15) is 35.4 Å². The summed E-state index contributed by atoms with van der Waals surface area (Å²) in [7, 11) is -1.07. The van der Waals surface area contributed by atoms with Gasteiger partial charge in [-0.05, 0) is 25.5 Å². The van der Waals surface area contributed by atoms with E-state index in [0.29, 0.717) is 5.92 Å². The van der Waals surface area contributed by atoms with Gasteiger partial charge in [0.1, 0.15) is 0 Å². The Hall–Kier alpha value is -0.530. The van der Waals surface area contributed by atoms with E-state index in [1.54, 1.807) is 5.20 Å². The zero-order valence-electron chi connectivity index (χ0n) is 24.2. The second-order valence-corrected chi connectivity index (χ2v) is 17.8. The SMILES string of the molecule is CC(C)(C)c1c[c-]c2c(c1)-c1cc(C(C)(C)C)ccc1C2.CC1=[C-]C(C)C=C1[Si](C)(C)C.[CH2]=[Zr+2].[Cl-].[Cl-]. The van der Waals surface area contributed by atoms with Crippen molar-refractivity contribution in [1.82, 2.24) is 0 Å². The van der Waals surface area contributed by atoms with E-state index in [-0.39, 0.29) is 35.6 Å². The first-order valence-electron chi connectivity index (χ1n) is 12.4. The minimum Gasteiger partial charge on any atom is -1.00 e. The average molecular weight is 619 g/mol. The maximum absolute atomic E-state index is 3.53. The third-order valence-corrected chi connectivity index (χ3v) is 8.76. The fraction of sp³-hybridized carbons (Fsp3) is 0.469. The molecule has 0 amide bonds. The van der Waals surface area contributed by atoms with Crippen molar-refractivity contribution in [3.63, 3.8) is 0 Å². The Morgan fingerprint density at radius 1 is 0.889 bits per heavy atom. The van der Waals surface area contributed by atoms with Gasteiger partial charge < -0.3 is 24.8 Å². The molecule has 0 aromatic heterocycles. The van der Waals surface area contributed by atoms with Gasteiger partial charge >= 0.3 is 28.4 Å². The molecule has 0 bridgehead atoms. The van der Waals surface area contributed by atoms with E-state index in [1.165, 1.54) is 63.2 Å². The summed E-state index contributed by atoms with van der Waals surface area (Å²) in [6, 6.07) is 15.1. The Kier molecular flexibility index (Phi) is 13.3. The van der Waals surface area contributed by atoms with Crippen molar-refractivity contribution in [2.75, 3.05) is 0 Å². The van der Waals surface area contributed by atoms with Crippen molar-refractivity contribution in [2.45, 2.75) is 92.3 Å². The van der Waals surface area contributed by atoms with Gasteiger partial charge in [0.15, 0.2) is 0 Å². The second kappa shape index (κ2) is 13.5. The number of hydrogen-bond donors (Lipinski definition) is 0. The van der Waals surface area contributed by atoms with Crippen LogP contribution >= 0.6 is 0 Å². The summed E-state index contributed by atoms with van der Waals surface area (Å²) in [5, 5.41) is 1.60. The molecule has 0 saturated heterocycles. The summed E-state index contributed by atoms with van der Waals surface area (Å²) in [6.45, 7) is 25.2. The Balaban J connectivity index is 0.000000701. The molecule has 4 heteroatoms. The Morgan fingerprint density at radius 2 is 1.42 bits per heavy atom. The largest absolute Gasteiger partial charge is 1.00 e. The van der Waals surface area contributed by atoms with Crippen LogP contribution in [0.25, 0.3) is 11.1 Å². The predicted octanol–water partition coefficient (Wildman–Crippen LogP) is 2.82. The summed E-state index contributed by atoms with van der Waals surface area (Å²) in [4.78, 5) is 0. The molecule has 2 aromatic carbocycles. The van der Waals surface area contributed by atoms with Crippen LogP contribution in [0.3, 0.4) is 0 Å². The predicted molar refractivity (Wildman–Crippen MR) is 151 cm³/mol. The van der Waals surface area contributed by atoms with Crippen LogP contribution in [-0.2, 0) is 41.5 Å². The van der Waals surface area contributed by atoms with Gasteiger partial charge in [0, 0.05) is 0 Å². The van der Waals surface area contributed by atoms with Crippen LogP contribution in [0.4, 0.5) is 0 Å². The quantitative estimate of drug-likeness (QED) is 0.291. The number of fused-ring (bicyclic) bond motifs is 3. The van der Waals surface area contributed by atoms with Crippen molar-refractivity contribution in [1.29, 1.82) is 0 Å². The van der Waals surface area contributed by atoms with Crippen LogP contribution in [0.5, 0.6) is 0 Å². The summed E-state index contributed by atoms with van der Waals surface area (Å²) < 4.78 is 3.34. The van der Waals surface area contributed by atoms with E-state index >= 15 is 0 Å². The Labute approximate surface area is 250 Å². The number of benzene rings is 2. The molecule has 1 atom stereocenters. The summed E-state index contributed by atoms with van der Waals surface area (Å²) in [5.41, 5.74) is 10.2. The van der Waals surface area contributed by atoms with E-state index in [0.717, 1.165) is 6.42 Å². The molecule has 0 aliphatic heterocycles. The van der Waals surface area contributed by atoms with Gasteiger partial charge in [0.2, 0.25) is 0 Å². The van der Waals surface area contributed by atoms with Crippen LogP contribution in [0, 0.1) is 18.1 Å². The fourth-order valence-corrected chi connectivity index (χ4v) is 6.58. The first-order chi connectivity index (χ1) is 15.6. The van der Waals surface area contributed by atoms with Crippen LogP contribution in [0.1, 0.15) is 77.6 Å². The van der Waals surface area contributed by atoms with Crippen LogP contribution in [-0.4, -0.2) is 12.3 Å². The first-order valence-corrected chi connectivity index (χ1v) is 17.7. The minimum atomic E-state index is -1.07. The number of rotatable bonds is 1. The van der Waals surface area contributed by atoms with Crippen LogP contribution in [0.2, 0.25) is 19.6 Å². The van der Waals surface area contributed by atoms with Gasteiger partial charge in [0.25, 0.3) is 0 Å². The molecule has 0 saturated carbocycles. The fourth-order valence-electron chi connectivity index (χ4n) is 4.63. The maximum atomic E-state index is 3.53. The molecule has 4 rings (SSSR count). The molecule has 0 N–H and O–H groups in total. The average Bonchev–Trinajstić information content (AvgIpc) is 3.26. The van der Waals surface area contributed by atoms with Gasteiger partial charge in [-0.1, -0.05) is 116 Å². The van der Waals surface area contributed by atoms with Crippen LogP contribution in [0.15, 0.2) is 47.2 Å². The molecule has 2 aliphatic carbocycles. The smallest absolute Gasteiger partial charge is 1.00 e. The number of halogens is 2. The van der Waals surface area contributed by atoms with Crippen molar-refractivity contribution < 1.29 is 49.0 Å². The molecule has 196 valence electrons. The summed E-state index contributed by atoms with van der Waals surface area (Å²) in [5.74, 6) is 0.553. The molecule has 0 spiro atoms. The molecule has 1 unspecified atom stereocenters. The van der Waals surface area contributed by atoms with E-state index in [2.05, 4.69) is 128 Å². The van der Waals surface area contributed by atoms with E-state index in [9.17, 15) is 0 Å². The zero-order chi connectivity index (χ0) is 26.1. The molecular weight excluding hydrogens is 575 g/mol. The van der Waals surface area contributed by atoms with Crippen molar-refractivity contribution in [3.05, 3.63) is 81.6 Å². The number of allylic oxidation sites excluding steroid dienone is 4. The second-order valence-electron chi connectivity index (χ2n) is 12.7. The van der Waals surface area contributed by atoms with Crippen molar-refractivity contribution in [3.8, 4) is 11.1 Å². The maximum Gasteiger partial charge on any atom is -1.00 e. The zero-order valence-corrected chi connectivity index (χ0v) is 29.2. The van der Waals surface area contributed by atoms with Gasteiger partial charge in [0.05, 0.1) is 0 Å². The van der Waals surface area contributed by atoms with Crippen LogP contribution < -0.4 is 24.8 Å². The third-order valence-electron chi connectivity index (χ3n) is 6.60. The summed E-state index contributed by atoms with van der Waals surface area (Å²) in [6.07, 6.45) is 6.84. The molecule has 0 fully saturated rings. The van der Waals surface area contributed by atoms with Gasteiger partial charge in [-0.15, -0.1) is 5.56 Å². The van der Waals surface area contributed by atoms with Gasteiger partial charge in [-0.25, -0.2) is 10.8 Å². The number of hydrogen-bond acceptors (Lipinski definition) is 0. The molecule has 2 aliphatic rings.